The van der Waals surface area contributed by atoms with Gasteiger partial charge in [-0.3, -0.25) is 4.72 Å². The molecular formula is C17H17F2NO4S. The molecule has 0 aliphatic carbocycles. The van der Waals surface area contributed by atoms with Crippen molar-refractivity contribution in [1.82, 2.24) is 0 Å². The summed E-state index contributed by atoms with van der Waals surface area (Å²) in [6, 6.07) is 5.44. The van der Waals surface area contributed by atoms with E-state index in [2.05, 4.69) is 4.72 Å². The van der Waals surface area contributed by atoms with E-state index < -0.39 is 26.6 Å². The highest BCUT2D eigenvalue weighted by Gasteiger charge is 2.26. The molecule has 25 heavy (non-hydrogen) atoms. The lowest BCUT2D eigenvalue weighted by molar-refractivity contribution is 0.254. The summed E-state index contributed by atoms with van der Waals surface area (Å²) in [4.78, 5) is -0.773. The second-order valence-corrected chi connectivity index (χ2v) is 7.35. The number of sulfonamides is 1. The fraction of sp³-hybridized carbons (Fsp3) is 0.294. The van der Waals surface area contributed by atoms with Gasteiger partial charge in [-0.05, 0) is 38.1 Å². The molecule has 134 valence electrons. The maximum atomic E-state index is 13.8. The summed E-state index contributed by atoms with van der Waals surface area (Å²) in [6.07, 6.45) is 0.651. The van der Waals surface area contributed by atoms with Gasteiger partial charge in [0.25, 0.3) is 10.0 Å². The predicted octanol–water partition coefficient (Wildman–Crippen LogP) is 3.49. The third kappa shape index (κ3) is 3.53. The van der Waals surface area contributed by atoms with Gasteiger partial charge in [0, 0.05) is 18.1 Å². The molecule has 0 aromatic heterocycles. The van der Waals surface area contributed by atoms with Crippen molar-refractivity contribution < 1.29 is 26.7 Å². The molecule has 0 fully saturated rings. The molecule has 1 aliphatic rings. The zero-order chi connectivity index (χ0) is 18.2. The van der Waals surface area contributed by atoms with E-state index in [4.69, 9.17) is 9.47 Å². The Bertz CT molecular complexity index is 915. The van der Waals surface area contributed by atoms with E-state index >= 15 is 0 Å². The van der Waals surface area contributed by atoms with Crippen LogP contribution in [0.5, 0.6) is 11.5 Å². The maximum Gasteiger partial charge on any atom is 0.265 e. The van der Waals surface area contributed by atoms with Gasteiger partial charge in [0.05, 0.1) is 12.3 Å². The van der Waals surface area contributed by atoms with Crippen LogP contribution in [0.2, 0.25) is 0 Å². The van der Waals surface area contributed by atoms with E-state index in [9.17, 15) is 17.2 Å². The lowest BCUT2D eigenvalue weighted by Gasteiger charge is -2.15. The molecule has 1 N–H and O–H groups in total. The highest BCUT2D eigenvalue weighted by molar-refractivity contribution is 7.92. The number of ether oxygens (including phenoxy) is 2. The van der Waals surface area contributed by atoms with Crippen LogP contribution in [0.25, 0.3) is 0 Å². The lowest BCUT2D eigenvalue weighted by Crippen LogP contribution is -2.16. The summed E-state index contributed by atoms with van der Waals surface area (Å²) in [6.45, 7) is 3.97. The Morgan fingerprint density at radius 2 is 2.04 bits per heavy atom. The van der Waals surface area contributed by atoms with Crippen molar-refractivity contribution >= 4 is 15.7 Å². The summed E-state index contributed by atoms with van der Waals surface area (Å²) in [5.74, 6) is -1.05. The zero-order valence-electron chi connectivity index (χ0n) is 13.7. The fourth-order valence-corrected chi connectivity index (χ4v) is 3.83. The Morgan fingerprint density at radius 3 is 2.76 bits per heavy atom. The maximum absolute atomic E-state index is 13.8. The molecule has 1 aliphatic heterocycles. The first kappa shape index (κ1) is 17.5. The zero-order valence-corrected chi connectivity index (χ0v) is 14.5. The van der Waals surface area contributed by atoms with Crippen LogP contribution in [0.3, 0.4) is 0 Å². The van der Waals surface area contributed by atoms with Crippen LogP contribution in [0.15, 0.2) is 35.2 Å². The molecule has 0 bridgehead atoms. The van der Waals surface area contributed by atoms with Crippen LogP contribution in [0, 0.1) is 11.6 Å². The Hall–Kier alpha value is -2.35. The van der Waals surface area contributed by atoms with Crippen molar-refractivity contribution in [2.24, 2.45) is 0 Å². The number of fused-ring (bicyclic) bond motifs is 1. The summed E-state index contributed by atoms with van der Waals surface area (Å²) in [5.41, 5.74) is 1.01. The Balaban J connectivity index is 2.02. The molecule has 0 saturated carbocycles. The summed E-state index contributed by atoms with van der Waals surface area (Å²) in [5, 5.41) is 0. The van der Waals surface area contributed by atoms with Crippen molar-refractivity contribution in [2.45, 2.75) is 31.3 Å². The number of anilines is 1. The van der Waals surface area contributed by atoms with Gasteiger partial charge in [0.2, 0.25) is 0 Å². The molecule has 1 heterocycles. The summed E-state index contributed by atoms with van der Waals surface area (Å²) >= 11 is 0. The minimum Gasteiger partial charge on any atom is -0.492 e. The normalized spacial score (nSPS) is 16.2. The second kappa shape index (κ2) is 6.51. The molecule has 2 aromatic rings. The molecule has 0 saturated heterocycles. The third-order valence-electron chi connectivity index (χ3n) is 3.73. The van der Waals surface area contributed by atoms with Crippen LogP contribution in [0.4, 0.5) is 14.5 Å². The van der Waals surface area contributed by atoms with Gasteiger partial charge in [-0.2, -0.15) is 0 Å². The van der Waals surface area contributed by atoms with E-state index in [-0.39, 0.29) is 11.8 Å². The molecular weight excluding hydrogens is 352 g/mol. The summed E-state index contributed by atoms with van der Waals surface area (Å²) < 4.78 is 65.5. The monoisotopic (exact) mass is 369 g/mol. The number of halogens is 2. The predicted molar refractivity (Wildman–Crippen MR) is 88.6 cm³/mol. The van der Waals surface area contributed by atoms with Crippen molar-refractivity contribution in [1.29, 1.82) is 0 Å². The van der Waals surface area contributed by atoms with E-state index in [1.165, 1.54) is 6.07 Å². The topological polar surface area (TPSA) is 64.6 Å². The van der Waals surface area contributed by atoms with Gasteiger partial charge in [-0.1, -0.05) is 0 Å². The van der Waals surface area contributed by atoms with Crippen LogP contribution in [-0.4, -0.2) is 21.1 Å². The number of nitrogens with one attached hydrogen (secondary N) is 1. The fourth-order valence-electron chi connectivity index (χ4n) is 2.68. The number of rotatable bonds is 5. The highest BCUT2D eigenvalue weighted by Crippen LogP contribution is 2.39. The molecule has 1 atom stereocenters. The first-order chi connectivity index (χ1) is 11.8. The van der Waals surface area contributed by atoms with Gasteiger partial charge in [0.15, 0.2) is 0 Å². The van der Waals surface area contributed by atoms with Gasteiger partial charge < -0.3 is 9.47 Å². The average Bonchev–Trinajstić information content (AvgIpc) is 2.89. The molecule has 5 nitrogen and oxygen atoms in total. The second-order valence-electron chi connectivity index (χ2n) is 5.70. The van der Waals surface area contributed by atoms with Gasteiger partial charge in [-0.25, -0.2) is 17.2 Å². The SMILES string of the molecule is CCOc1cc2c(cc1NS(=O)(=O)c1cc(F)ccc1F)OC(C)C2. The van der Waals surface area contributed by atoms with Crippen molar-refractivity contribution in [3.05, 3.63) is 47.5 Å². The van der Waals surface area contributed by atoms with Crippen LogP contribution in [-0.2, 0) is 16.4 Å². The van der Waals surface area contributed by atoms with Crippen LogP contribution < -0.4 is 14.2 Å². The Morgan fingerprint density at radius 1 is 1.28 bits per heavy atom. The molecule has 0 radical (unpaired) electrons. The number of hydrogen-bond acceptors (Lipinski definition) is 4. The standard InChI is InChI=1S/C17H17F2NO4S/c1-3-23-16-7-11-6-10(2)24-15(11)9-14(16)20-25(21,22)17-8-12(18)4-5-13(17)19/h4-5,7-10,20H,3,6H2,1-2H3. The van der Waals surface area contributed by atoms with E-state index in [0.717, 1.165) is 17.7 Å². The molecule has 8 heteroatoms. The van der Waals surface area contributed by atoms with Crippen molar-refractivity contribution in [3.63, 3.8) is 0 Å². The Labute approximate surface area is 144 Å². The molecule has 3 rings (SSSR count). The van der Waals surface area contributed by atoms with E-state index in [1.54, 1.807) is 13.0 Å². The van der Waals surface area contributed by atoms with Crippen LogP contribution in [0.1, 0.15) is 19.4 Å². The number of benzene rings is 2. The van der Waals surface area contributed by atoms with E-state index in [0.29, 0.717) is 30.6 Å². The van der Waals surface area contributed by atoms with Crippen molar-refractivity contribution in [2.75, 3.05) is 11.3 Å². The minimum atomic E-state index is -4.34. The van der Waals surface area contributed by atoms with Crippen molar-refractivity contribution in [3.8, 4) is 11.5 Å². The minimum absolute atomic E-state index is 0.0306. The smallest absolute Gasteiger partial charge is 0.265 e. The van der Waals surface area contributed by atoms with Gasteiger partial charge in [0.1, 0.15) is 34.1 Å². The van der Waals surface area contributed by atoms with Crippen LogP contribution >= 0.6 is 0 Å². The molecule has 2 aromatic carbocycles. The Kier molecular flexibility index (Phi) is 4.55. The number of hydrogen-bond donors (Lipinski definition) is 1. The van der Waals surface area contributed by atoms with E-state index in [1.807, 2.05) is 6.92 Å². The van der Waals surface area contributed by atoms with Gasteiger partial charge >= 0.3 is 0 Å². The third-order valence-corrected chi connectivity index (χ3v) is 5.11. The first-order valence-electron chi connectivity index (χ1n) is 7.74. The largest absolute Gasteiger partial charge is 0.492 e. The first-order valence-corrected chi connectivity index (χ1v) is 9.22. The molecule has 0 spiro atoms. The molecule has 0 amide bonds. The van der Waals surface area contributed by atoms with Gasteiger partial charge in [-0.15, -0.1) is 0 Å². The summed E-state index contributed by atoms with van der Waals surface area (Å²) in [7, 11) is -4.34. The molecule has 1 unspecified atom stereocenters. The quantitative estimate of drug-likeness (QED) is 0.876. The lowest BCUT2D eigenvalue weighted by atomic mass is 10.1. The average molecular weight is 369 g/mol. The highest BCUT2D eigenvalue weighted by atomic mass is 32.2.